The highest BCUT2D eigenvalue weighted by Crippen LogP contribution is 2.27. The third kappa shape index (κ3) is 1.54. The molecule has 0 atom stereocenters. The summed E-state index contributed by atoms with van der Waals surface area (Å²) in [5.41, 5.74) is 3.65. The molecule has 0 unspecified atom stereocenters. The highest BCUT2D eigenvalue weighted by atomic mass is 19.1. The van der Waals surface area contributed by atoms with E-state index in [-0.39, 0.29) is 11.3 Å². The number of hydrogen-bond donors (Lipinski definition) is 1. The van der Waals surface area contributed by atoms with Crippen molar-refractivity contribution in [3.63, 3.8) is 0 Å². The van der Waals surface area contributed by atoms with Crippen molar-refractivity contribution < 1.29 is 14.1 Å². The monoisotopic (exact) mass is 198 g/mol. The smallest absolute Gasteiger partial charge is 0.317 e. The first-order valence-electron chi connectivity index (χ1n) is 3.68. The minimum Gasteiger partial charge on any atom is -0.396 e. The number of hydrogen-bond acceptors (Lipinski definition) is 4. The molecule has 0 bridgehead atoms. The summed E-state index contributed by atoms with van der Waals surface area (Å²) in [5.74, 6) is -1.74. The second-order valence-corrected chi connectivity index (χ2v) is 2.68. The molecule has 0 saturated carbocycles. The van der Waals surface area contributed by atoms with Crippen molar-refractivity contribution in [2.45, 2.75) is 6.92 Å². The maximum Gasteiger partial charge on any atom is 0.317 e. The Bertz CT molecular complexity index is 417. The number of anilines is 1. The second kappa shape index (κ2) is 3.41. The van der Waals surface area contributed by atoms with E-state index in [0.717, 1.165) is 19.1 Å². The predicted octanol–water partition coefficient (Wildman–Crippen LogP) is 1.52. The van der Waals surface area contributed by atoms with Crippen LogP contribution in [-0.4, -0.2) is 10.7 Å². The molecule has 0 aromatic heterocycles. The predicted molar refractivity (Wildman–Crippen MR) is 47.5 cm³/mol. The van der Waals surface area contributed by atoms with Crippen LogP contribution in [0.3, 0.4) is 0 Å². The van der Waals surface area contributed by atoms with Crippen LogP contribution < -0.4 is 5.73 Å². The first kappa shape index (κ1) is 10.1. The number of rotatable bonds is 2. The fraction of sp³-hybridized carbons (Fsp3) is 0.125. The highest BCUT2D eigenvalue weighted by Gasteiger charge is 2.24. The number of benzene rings is 1. The van der Waals surface area contributed by atoms with Gasteiger partial charge < -0.3 is 5.73 Å². The molecule has 14 heavy (non-hydrogen) atoms. The molecule has 0 radical (unpaired) electrons. The highest BCUT2D eigenvalue weighted by molar-refractivity contribution is 5.98. The number of Topliss-reactive ketones (excluding diaryl/α,β-unsaturated/α-hetero) is 1. The van der Waals surface area contributed by atoms with Crippen LogP contribution in [0.15, 0.2) is 12.1 Å². The van der Waals surface area contributed by atoms with E-state index in [1.807, 2.05) is 0 Å². The Kier molecular flexibility index (Phi) is 2.46. The lowest BCUT2D eigenvalue weighted by molar-refractivity contribution is -0.387. The van der Waals surface area contributed by atoms with Crippen molar-refractivity contribution in [2.24, 2.45) is 0 Å². The van der Waals surface area contributed by atoms with Crippen LogP contribution in [-0.2, 0) is 0 Å². The zero-order valence-corrected chi connectivity index (χ0v) is 7.28. The van der Waals surface area contributed by atoms with E-state index in [1.54, 1.807) is 0 Å². The maximum atomic E-state index is 13.2. The quantitative estimate of drug-likeness (QED) is 0.338. The van der Waals surface area contributed by atoms with Crippen molar-refractivity contribution in [3.8, 4) is 0 Å². The Morgan fingerprint density at radius 2 is 2.14 bits per heavy atom. The molecule has 0 saturated heterocycles. The van der Waals surface area contributed by atoms with Crippen molar-refractivity contribution in [1.29, 1.82) is 0 Å². The van der Waals surface area contributed by atoms with Crippen molar-refractivity contribution in [3.05, 3.63) is 33.6 Å². The van der Waals surface area contributed by atoms with Crippen LogP contribution in [0.5, 0.6) is 0 Å². The average molecular weight is 198 g/mol. The molecule has 1 aromatic carbocycles. The molecule has 5 nitrogen and oxygen atoms in total. The Morgan fingerprint density at radius 3 is 2.57 bits per heavy atom. The number of carbonyl (C=O) groups is 1. The third-order valence-electron chi connectivity index (χ3n) is 1.71. The van der Waals surface area contributed by atoms with Gasteiger partial charge >= 0.3 is 5.69 Å². The van der Waals surface area contributed by atoms with Gasteiger partial charge in [-0.1, -0.05) is 0 Å². The van der Waals surface area contributed by atoms with E-state index < -0.39 is 22.2 Å². The molecule has 74 valence electrons. The van der Waals surface area contributed by atoms with Crippen LogP contribution >= 0.6 is 0 Å². The number of nitro benzene ring substituents is 1. The van der Waals surface area contributed by atoms with E-state index in [1.165, 1.54) is 0 Å². The SMILES string of the molecule is CC(=O)c1ccc(N)c(F)c1[N+](=O)[O-]. The number of nitrogens with two attached hydrogens (primary N) is 1. The lowest BCUT2D eigenvalue weighted by Gasteiger charge is -2.01. The van der Waals surface area contributed by atoms with Crippen molar-refractivity contribution in [2.75, 3.05) is 5.73 Å². The van der Waals surface area contributed by atoms with Crippen molar-refractivity contribution >= 4 is 17.2 Å². The average Bonchev–Trinajstić information content (AvgIpc) is 2.08. The van der Waals surface area contributed by atoms with E-state index in [0.29, 0.717) is 0 Å². The third-order valence-corrected chi connectivity index (χ3v) is 1.71. The van der Waals surface area contributed by atoms with Gasteiger partial charge in [0.25, 0.3) is 0 Å². The number of nitro groups is 1. The van der Waals surface area contributed by atoms with Gasteiger partial charge in [0, 0.05) is 0 Å². The number of ketones is 1. The molecule has 6 heteroatoms. The van der Waals surface area contributed by atoms with Gasteiger partial charge in [-0.3, -0.25) is 14.9 Å². The summed E-state index contributed by atoms with van der Waals surface area (Å²) in [6, 6.07) is 2.26. The summed E-state index contributed by atoms with van der Waals surface area (Å²) in [6.45, 7) is 1.12. The van der Waals surface area contributed by atoms with Gasteiger partial charge in [0.2, 0.25) is 5.82 Å². The molecule has 0 aliphatic heterocycles. The first-order chi connectivity index (χ1) is 6.45. The van der Waals surface area contributed by atoms with Gasteiger partial charge in [-0.05, 0) is 19.1 Å². The topological polar surface area (TPSA) is 86.2 Å². The molecule has 1 rings (SSSR count). The van der Waals surface area contributed by atoms with E-state index in [4.69, 9.17) is 5.73 Å². The molecular weight excluding hydrogens is 191 g/mol. The van der Waals surface area contributed by atoms with Gasteiger partial charge in [0.05, 0.1) is 16.2 Å². The number of halogens is 1. The van der Waals surface area contributed by atoms with Gasteiger partial charge in [-0.15, -0.1) is 0 Å². The Labute approximate surface area is 78.5 Å². The Hall–Kier alpha value is -1.98. The number of nitrogens with zero attached hydrogens (tertiary/aromatic N) is 1. The molecule has 0 aliphatic rings. The van der Waals surface area contributed by atoms with Crippen molar-refractivity contribution in [1.82, 2.24) is 0 Å². The van der Waals surface area contributed by atoms with Crippen LogP contribution in [0.4, 0.5) is 15.8 Å². The summed E-state index contributed by atoms with van der Waals surface area (Å²) in [7, 11) is 0. The van der Waals surface area contributed by atoms with Crippen LogP contribution in [0.1, 0.15) is 17.3 Å². The fourth-order valence-electron chi connectivity index (χ4n) is 1.04. The van der Waals surface area contributed by atoms with Gasteiger partial charge in [0.1, 0.15) is 0 Å². The van der Waals surface area contributed by atoms with E-state index >= 15 is 0 Å². The van der Waals surface area contributed by atoms with Crippen LogP contribution in [0.25, 0.3) is 0 Å². The zero-order chi connectivity index (χ0) is 10.9. The maximum absolute atomic E-state index is 13.2. The van der Waals surface area contributed by atoms with Gasteiger partial charge in [0.15, 0.2) is 5.78 Å². The molecular formula is C8H7FN2O3. The molecule has 0 fully saturated rings. The van der Waals surface area contributed by atoms with Crippen LogP contribution in [0, 0.1) is 15.9 Å². The van der Waals surface area contributed by atoms with Crippen LogP contribution in [0.2, 0.25) is 0 Å². The summed E-state index contributed by atoms with van der Waals surface area (Å²) < 4.78 is 13.2. The summed E-state index contributed by atoms with van der Waals surface area (Å²) in [4.78, 5) is 20.4. The van der Waals surface area contributed by atoms with E-state index in [2.05, 4.69) is 0 Å². The molecule has 0 heterocycles. The summed E-state index contributed by atoms with van der Waals surface area (Å²) in [5, 5.41) is 10.5. The standard InChI is InChI=1S/C8H7FN2O3/c1-4(12)5-2-3-6(10)7(9)8(5)11(13)14/h2-3H,10H2,1H3. The molecule has 0 amide bonds. The zero-order valence-electron chi connectivity index (χ0n) is 7.28. The molecule has 0 spiro atoms. The molecule has 1 aromatic rings. The minimum absolute atomic E-state index is 0.276. The van der Waals surface area contributed by atoms with E-state index in [9.17, 15) is 19.3 Å². The molecule has 2 N–H and O–H groups in total. The minimum atomic E-state index is -1.16. The number of nitrogen functional groups attached to an aromatic ring is 1. The van der Waals surface area contributed by atoms with Gasteiger partial charge in [-0.2, -0.15) is 4.39 Å². The molecule has 0 aliphatic carbocycles. The summed E-state index contributed by atoms with van der Waals surface area (Å²) >= 11 is 0. The Balaban J connectivity index is 3.53. The number of carbonyl (C=O) groups excluding carboxylic acids is 1. The Morgan fingerprint density at radius 1 is 1.57 bits per heavy atom. The second-order valence-electron chi connectivity index (χ2n) is 2.68. The van der Waals surface area contributed by atoms with Gasteiger partial charge in [-0.25, -0.2) is 0 Å². The lowest BCUT2D eigenvalue weighted by Crippen LogP contribution is -2.05. The largest absolute Gasteiger partial charge is 0.396 e. The lowest BCUT2D eigenvalue weighted by atomic mass is 10.1. The fourth-order valence-corrected chi connectivity index (χ4v) is 1.04. The summed E-state index contributed by atoms with van der Waals surface area (Å²) in [6.07, 6.45) is 0. The normalized spacial score (nSPS) is 9.86. The first-order valence-corrected chi connectivity index (χ1v) is 3.68.